The van der Waals surface area contributed by atoms with Crippen LogP contribution in [0.1, 0.15) is 37.4 Å². The second-order valence-electron chi connectivity index (χ2n) is 5.20. The second kappa shape index (κ2) is 8.60. The van der Waals surface area contributed by atoms with Gasteiger partial charge in [0.15, 0.2) is 0 Å². The summed E-state index contributed by atoms with van der Waals surface area (Å²) in [4.78, 5) is 6.42. The van der Waals surface area contributed by atoms with E-state index in [0.29, 0.717) is 0 Å². The first-order valence-corrected chi connectivity index (χ1v) is 7.71. The van der Waals surface area contributed by atoms with E-state index in [1.54, 1.807) is 0 Å². The van der Waals surface area contributed by atoms with Gasteiger partial charge in [0, 0.05) is 18.9 Å². The van der Waals surface area contributed by atoms with Crippen molar-refractivity contribution in [1.82, 2.24) is 15.2 Å². The summed E-state index contributed by atoms with van der Waals surface area (Å²) < 4.78 is 5.88. The smallest absolute Gasteiger partial charge is 0.118 e. The third kappa shape index (κ3) is 5.33. The molecule has 0 bridgehead atoms. The van der Waals surface area contributed by atoms with Crippen molar-refractivity contribution in [2.45, 2.75) is 39.9 Å². The highest BCUT2D eigenvalue weighted by atomic mass is 16.3. The van der Waals surface area contributed by atoms with Crippen LogP contribution >= 0.6 is 0 Å². The zero-order chi connectivity index (χ0) is 14.9. The number of nitrogens with one attached hydrogen (secondary N) is 1. The SMILES string of the molecule is CCCNCc1ccc(CN(CC)Cc2ccncc2)o1. The Kier molecular flexibility index (Phi) is 6.44. The molecule has 0 saturated carbocycles. The topological polar surface area (TPSA) is 41.3 Å². The lowest BCUT2D eigenvalue weighted by molar-refractivity contribution is 0.244. The lowest BCUT2D eigenvalue weighted by Crippen LogP contribution is -2.22. The fourth-order valence-corrected chi connectivity index (χ4v) is 2.24. The summed E-state index contributed by atoms with van der Waals surface area (Å²) >= 11 is 0. The quantitative estimate of drug-likeness (QED) is 0.719. The van der Waals surface area contributed by atoms with Gasteiger partial charge in [0.2, 0.25) is 0 Å². The molecule has 0 radical (unpaired) electrons. The zero-order valence-electron chi connectivity index (χ0n) is 13.0. The lowest BCUT2D eigenvalue weighted by atomic mass is 10.2. The molecule has 0 spiro atoms. The van der Waals surface area contributed by atoms with Crippen LogP contribution in [0.2, 0.25) is 0 Å². The van der Waals surface area contributed by atoms with Crippen LogP contribution in [0, 0.1) is 0 Å². The molecule has 21 heavy (non-hydrogen) atoms. The van der Waals surface area contributed by atoms with Crippen LogP contribution in [-0.2, 0) is 19.6 Å². The minimum absolute atomic E-state index is 0.810. The van der Waals surface area contributed by atoms with Gasteiger partial charge in [0.05, 0.1) is 13.1 Å². The summed E-state index contributed by atoms with van der Waals surface area (Å²) in [7, 11) is 0. The Morgan fingerprint density at radius 2 is 1.81 bits per heavy atom. The summed E-state index contributed by atoms with van der Waals surface area (Å²) in [6.07, 6.45) is 4.82. The van der Waals surface area contributed by atoms with Gasteiger partial charge < -0.3 is 9.73 Å². The molecule has 0 aliphatic rings. The summed E-state index contributed by atoms with van der Waals surface area (Å²) in [5, 5.41) is 3.36. The van der Waals surface area contributed by atoms with Crippen molar-refractivity contribution in [3.8, 4) is 0 Å². The second-order valence-corrected chi connectivity index (χ2v) is 5.20. The minimum atomic E-state index is 0.810. The number of nitrogens with zero attached hydrogens (tertiary/aromatic N) is 2. The summed E-state index contributed by atoms with van der Waals surface area (Å²) in [6, 6.07) is 8.27. The molecule has 0 amide bonds. The maximum absolute atomic E-state index is 5.88. The van der Waals surface area contributed by atoms with Gasteiger partial charge in [-0.2, -0.15) is 0 Å². The average Bonchev–Trinajstić information content (AvgIpc) is 2.95. The first kappa shape index (κ1) is 15.7. The van der Waals surface area contributed by atoms with Crippen molar-refractivity contribution in [3.05, 3.63) is 53.7 Å². The summed E-state index contributed by atoms with van der Waals surface area (Å²) in [6.45, 7) is 8.93. The Labute approximate surface area is 127 Å². The lowest BCUT2D eigenvalue weighted by Gasteiger charge is -2.19. The van der Waals surface area contributed by atoms with E-state index in [2.05, 4.69) is 53.3 Å². The molecule has 2 rings (SSSR count). The van der Waals surface area contributed by atoms with Gasteiger partial charge in [-0.3, -0.25) is 9.88 Å². The molecule has 0 aliphatic heterocycles. The normalized spacial score (nSPS) is 11.2. The highest BCUT2D eigenvalue weighted by Gasteiger charge is 2.08. The van der Waals surface area contributed by atoms with Crippen molar-refractivity contribution in [2.24, 2.45) is 0 Å². The highest BCUT2D eigenvalue weighted by molar-refractivity contribution is 5.11. The zero-order valence-corrected chi connectivity index (χ0v) is 13.0. The molecule has 0 unspecified atom stereocenters. The maximum atomic E-state index is 5.88. The van der Waals surface area contributed by atoms with Crippen molar-refractivity contribution in [3.63, 3.8) is 0 Å². The molecular formula is C17H25N3O. The van der Waals surface area contributed by atoms with Gasteiger partial charge in [-0.15, -0.1) is 0 Å². The Morgan fingerprint density at radius 3 is 2.52 bits per heavy atom. The first-order chi connectivity index (χ1) is 10.3. The van der Waals surface area contributed by atoms with E-state index < -0.39 is 0 Å². The number of hydrogen-bond acceptors (Lipinski definition) is 4. The van der Waals surface area contributed by atoms with E-state index in [-0.39, 0.29) is 0 Å². The fraction of sp³-hybridized carbons (Fsp3) is 0.471. The van der Waals surface area contributed by atoms with Crippen LogP contribution in [0.25, 0.3) is 0 Å². The van der Waals surface area contributed by atoms with E-state index in [1.807, 2.05) is 12.4 Å². The van der Waals surface area contributed by atoms with Gasteiger partial charge in [-0.05, 0) is 49.3 Å². The van der Waals surface area contributed by atoms with E-state index in [0.717, 1.165) is 50.7 Å². The number of furan rings is 1. The number of hydrogen-bond donors (Lipinski definition) is 1. The van der Waals surface area contributed by atoms with Crippen LogP contribution in [-0.4, -0.2) is 23.0 Å². The molecule has 0 fully saturated rings. The molecule has 0 aromatic carbocycles. The number of aromatic nitrogens is 1. The fourth-order valence-electron chi connectivity index (χ4n) is 2.24. The largest absolute Gasteiger partial charge is 0.463 e. The minimum Gasteiger partial charge on any atom is -0.463 e. The van der Waals surface area contributed by atoms with Gasteiger partial charge in [-0.25, -0.2) is 0 Å². The van der Waals surface area contributed by atoms with Gasteiger partial charge >= 0.3 is 0 Å². The van der Waals surface area contributed by atoms with E-state index in [4.69, 9.17) is 4.42 Å². The molecule has 0 aliphatic carbocycles. The van der Waals surface area contributed by atoms with Crippen molar-refractivity contribution < 1.29 is 4.42 Å². The third-order valence-corrected chi connectivity index (χ3v) is 3.43. The van der Waals surface area contributed by atoms with Gasteiger partial charge in [-0.1, -0.05) is 13.8 Å². The summed E-state index contributed by atoms with van der Waals surface area (Å²) in [5.41, 5.74) is 1.28. The highest BCUT2D eigenvalue weighted by Crippen LogP contribution is 2.13. The van der Waals surface area contributed by atoms with Crippen molar-refractivity contribution >= 4 is 0 Å². The molecule has 0 saturated heterocycles. The molecule has 2 aromatic heterocycles. The molecule has 2 heterocycles. The van der Waals surface area contributed by atoms with E-state index >= 15 is 0 Å². The van der Waals surface area contributed by atoms with Crippen LogP contribution in [0.5, 0.6) is 0 Å². The van der Waals surface area contributed by atoms with Crippen LogP contribution in [0.4, 0.5) is 0 Å². The molecule has 0 atom stereocenters. The van der Waals surface area contributed by atoms with Gasteiger partial charge in [0.1, 0.15) is 11.5 Å². The standard InChI is InChI=1S/C17H25N3O/c1-3-9-19-12-16-5-6-17(21-16)14-20(4-2)13-15-7-10-18-11-8-15/h5-8,10-11,19H,3-4,9,12-14H2,1-2H3. The van der Waals surface area contributed by atoms with Crippen LogP contribution < -0.4 is 5.32 Å². The molecule has 4 heteroatoms. The first-order valence-electron chi connectivity index (χ1n) is 7.71. The Bertz CT molecular complexity index is 510. The summed E-state index contributed by atoms with van der Waals surface area (Å²) in [5.74, 6) is 2.04. The molecule has 2 aromatic rings. The number of rotatable bonds is 9. The Hall–Kier alpha value is -1.65. The number of pyridine rings is 1. The van der Waals surface area contributed by atoms with Crippen molar-refractivity contribution in [1.29, 1.82) is 0 Å². The maximum Gasteiger partial charge on any atom is 0.118 e. The molecular weight excluding hydrogens is 262 g/mol. The Balaban J connectivity index is 1.86. The van der Waals surface area contributed by atoms with Crippen LogP contribution in [0.3, 0.4) is 0 Å². The predicted molar refractivity (Wildman–Crippen MR) is 84.7 cm³/mol. The average molecular weight is 287 g/mol. The predicted octanol–water partition coefficient (Wildman–Crippen LogP) is 3.20. The Morgan fingerprint density at radius 1 is 1.05 bits per heavy atom. The van der Waals surface area contributed by atoms with E-state index in [1.165, 1.54) is 5.56 Å². The van der Waals surface area contributed by atoms with Gasteiger partial charge in [0.25, 0.3) is 0 Å². The molecule has 4 nitrogen and oxygen atoms in total. The third-order valence-electron chi connectivity index (χ3n) is 3.43. The molecule has 1 N–H and O–H groups in total. The monoisotopic (exact) mass is 287 g/mol. The molecule has 114 valence electrons. The van der Waals surface area contributed by atoms with Crippen LogP contribution in [0.15, 0.2) is 41.1 Å². The van der Waals surface area contributed by atoms with Crippen molar-refractivity contribution in [2.75, 3.05) is 13.1 Å². The van der Waals surface area contributed by atoms with E-state index in [9.17, 15) is 0 Å².